The van der Waals surface area contributed by atoms with E-state index in [1.54, 1.807) is 12.4 Å². The lowest BCUT2D eigenvalue weighted by molar-refractivity contribution is 0.442. The highest BCUT2D eigenvalue weighted by atomic mass is 35.5. The first-order valence-electron chi connectivity index (χ1n) is 5.08. The van der Waals surface area contributed by atoms with Crippen molar-refractivity contribution in [1.29, 1.82) is 0 Å². The van der Waals surface area contributed by atoms with E-state index in [0.29, 0.717) is 0 Å². The van der Waals surface area contributed by atoms with Gasteiger partial charge < -0.3 is 0 Å². The van der Waals surface area contributed by atoms with E-state index in [-0.39, 0.29) is 5.66 Å². The second kappa shape index (κ2) is 4.15. The van der Waals surface area contributed by atoms with E-state index in [1.165, 1.54) is 5.56 Å². The van der Waals surface area contributed by atoms with Crippen LogP contribution in [0.3, 0.4) is 0 Å². The number of hydrogen-bond acceptors (Lipinski definition) is 2. The van der Waals surface area contributed by atoms with E-state index in [1.807, 2.05) is 24.3 Å². The smallest absolute Gasteiger partial charge is 0.153 e. The summed E-state index contributed by atoms with van der Waals surface area (Å²) in [6.07, 6.45) is 5.31. The fourth-order valence-corrected chi connectivity index (χ4v) is 1.83. The molecule has 0 bridgehead atoms. The first kappa shape index (κ1) is 10.4. The van der Waals surface area contributed by atoms with Crippen LogP contribution in [-0.2, 0) is 6.42 Å². The number of nitrogens with zero attached hydrogens (tertiary/aromatic N) is 2. The van der Waals surface area contributed by atoms with E-state index in [4.69, 9.17) is 11.6 Å². The molecule has 1 aromatic carbocycles. The summed E-state index contributed by atoms with van der Waals surface area (Å²) in [5.74, 6) is 0. The average molecular weight is 221 g/mol. The summed E-state index contributed by atoms with van der Waals surface area (Å²) in [5, 5.41) is 0.766. The first-order chi connectivity index (χ1) is 7.24. The van der Waals surface area contributed by atoms with E-state index in [9.17, 15) is 0 Å². The van der Waals surface area contributed by atoms with Crippen LogP contribution in [0, 0.1) is 0 Å². The summed E-state index contributed by atoms with van der Waals surface area (Å²) in [6.45, 7) is 2.11. The number of aliphatic imine (C=N–C) groups is 2. The Balaban J connectivity index is 2.17. The van der Waals surface area contributed by atoms with Crippen molar-refractivity contribution in [3.63, 3.8) is 0 Å². The zero-order valence-corrected chi connectivity index (χ0v) is 9.41. The SMILES string of the molecule is CCC1(Cc2ccc(Cl)cc2)N=CC=N1. The predicted molar refractivity (Wildman–Crippen MR) is 65.2 cm³/mol. The highest BCUT2D eigenvalue weighted by Gasteiger charge is 2.27. The minimum Gasteiger partial charge on any atom is -0.261 e. The van der Waals surface area contributed by atoms with Crippen molar-refractivity contribution in [2.75, 3.05) is 0 Å². The molecule has 0 radical (unpaired) electrons. The minimum absolute atomic E-state index is 0.270. The minimum atomic E-state index is -0.270. The molecule has 0 atom stereocenters. The van der Waals surface area contributed by atoms with Gasteiger partial charge in [0.15, 0.2) is 5.66 Å². The Morgan fingerprint density at radius 3 is 2.27 bits per heavy atom. The third-order valence-corrected chi connectivity index (χ3v) is 2.92. The highest BCUT2D eigenvalue weighted by molar-refractivity contribution is 6.30. The van der Waals surface area contributed by atoms with Gasteiger partial charge in [-0.05, 0) is 24.1 Å². The number of rotatable bonds is 3. The van der Waals surface area contributed by atoms with Crippen molar-refractivity contribution in [1.82, 2.24) is 0 Å². The van der Waals surface area contributed by atoms with E-state index in [2.05, 4.69) is 16.9 Å². The molecule has 3 heteroatoms. The Kier molecular flexibility index (Phi) is 2.87. The molecule has 0 aliphatic carbocycles. The normalized spacial score (nSPS) is 17.2. The molecule has 0 saturated carbocycles. The zero-order chi connectivity index (χ0) is 10.7. The van der Waals surface area contributed by atoms with Gasteiger partial charge in [-0.1, -0.05) is 30.7 Å². The topological polar surface area (TPSA) is 24.7 Å². The number of halogens is 1. The van der Waals surface area contributed by atoms with Crippen LogP contribution in [0.1, 0.15) is 18.9 Å². The van der Waals surface area contributed by atoms with Crippen molar-refractivity contribution in [3.8, 4) is 0 Å². The second-order valence-electron chi connectivity index (χ2n) is 3.70. The van der Waals surface area contributed by atoms with Gasteiger partial charge in [-0.2, -0.15) is 0 Å². The molecule has 2 rings (SSSR count). The molecule has 1 aliphatic heterocycles. The molecule has 1 heterocycles. The summed E-state index contributed by atoms with van der Waals surface area (Å²) in [5.41, 5.74) is 0.950. The molecular formula is C12H13ClN2. The van der Waals surface area contributed by atoms with Crippen LogP contribution in [0.5, 0.6) is 0 Å². The number of hydrogen-bond donors (Lipinski definition) is 0. The van der Waals surface area contributed by atoms with Crippen LogP contribution in [0.15, 0.2) is 34.3 Å². The van der Waals surface area contributed by atoms with E-state index < -0.39 is 0 Å². The summed E-state index contributed by atoms with van der Waals surface area (Å²) >= 11 is 5.84. The Hall–Kier alpha value is -1.15. The molecule has 1 aromatic rings. The van der Waals surface area contributed by atoms with Crippen molar-refractivity contribution >= 4 is 24.0 Å². The molecule has 0 N–H and O–H groups in total. The van der Waals surface area contributed by atoms with E-state index in [0.717, 1.165) is 17.9 Å². The predicted octanol–water partition coefficient (Wildman–Crippen LogP) is 3.14. The maximum absolute atomic E-state index is 5.84. The van der Waals surface area contributed by atoms with E-state index >= 15 is 0 Å². The van der Waals surface area contributed by atoms with Crippen LogP contribution in [0.25, 0.3) is 0 Å². The average Bonchev–Trinajstić information content (AvgIpc) is 2.71. The van der Waals surface area contributed by atoms with Gasteiger partial charge in [0.2, 0.25) is 0 Å². The van der Waals surface area contributed by atoms with Gasteiger partial charge >= 0.3 is 0 Å². The molecule has 1 aliphatic rings. The first-order valence-corrected chi connectivity index (χ1v) is 5.45. The largest absolute Gasteiger partial charge is 0.261 e. The third kappa shape index (κ3) is 2.26. The standard InChI is InChI=1S/C12H13ClN2/c1-2-12(14-7-8-15-12)9-10-3-5-11(13)6-4-10/h3-8H,2,9H2,1H3. The summed E-state index contributed by atoms with van der Waals surface area (Å²) < 4.78 is 0. The summed E-state index contributed by atoms with van der Waals surface area (Å²) in [7, 11) is 0. The van der Waals surface area contributed by atoms with Crippen molar-refractivity contribution in [2.24, 2.45) is 9.98 Å². The van der Waals surface area contributed by atoms with Crippen LogP contribution in [0.4, 0.5) is 0 Å². The Morgan fingerprint density at radius 1 is 1.13 bits per heavy atom. The Morgan fingerprint density at radius 2 is 1.73 bits per heavy atom. The van der Waals surface area contributed by atoms with Crippen molar-refractivity contribution < 1.29 is 0 Å². The van der Waals surface area contributed by atoms with Gasteiger partial charge in [-0.15, -0.1) is 0 Å². The molecule has 0 spiro atoms. The molecule has 78 valence electrons. The molecular weight excluding hydrogens is 208 g/mol. The van der Waals surface area contributed by atoms with Crippen molar-refractivity contribution in [3.05, 3.63) is 34.9 Å². The monoisotopic (exact) mass is 220 g/mol. The molecule has 15 heavy (non-hydrogen) atoms. The van der Waals surface area contributed by atoms with Gasteiger partial charge in [0.25, 0.3) is 0 Å². The lowest BCUT2D eigenvalue weighted by Gasteiger charge is -2.21. The highest BCUT2D eigenvalue weighted by Crippen LogP contribution is 2.25. The van der Waals surface area contributed by atoms with Crippen molar-refractivity contribution in [2.45, 2.75) is 25.4 Å². The van der Waals surface area contributed by atoms with Crippen LogP contribution in [-0.4, -0.2) is 18.1 Å². The van der Waals surface area contributed by atoms with Gasteiger partial charge in [0.05, 0.1) is 0 Å². The lowest BCUT2D eigenvalue weighted by Crippen LogP contribution is -2.23. The molecule has 0 unspecified atom stereocenters. The molecule has 0 saturated heterocycles. The maximum atomic E-state index is 5.84. The molecule has 2 nitrogen and oxygen atoms in total. The maximum Gasteiger partial charge on any atom is 0.153 e. The lowest BCUT2D eigenvalue weighted by atomic mass is 9.98. The van der Waals surface area contributed by atoms with Gasteiger partial charge in [-0.3, -0.25) is 9.98 Å². The third-order valence-electron chi connectivity index (χ3n) is 2.66. The van der Waals surface area contributed by atoms with Gasteiger partial charge in [0.1, 0.15) is 0 Å². The summed E-state index contributed by atoms with van der Waals surface area (Å²) in [4.78, 5) is 8.85. The van der Waals surface area contributed by atoms with Gasteiger partial charge in [0, 0.05) is 23.9 Å². The molecule has 0 fully saturated rings. The number of benzene rings is 1. The fourth-order valence-electron chi connectivity index (χ4n) is 1.71. The van der Waals surface area contributed by atoms with Gasteiger partial charge in [-0.25, -0.2) is 0 Å². The quantitative estimate of drug-likeness (QED) is 0.748. The summed E-state index contributed by atoms with van der Waals surface area (Å²) in [6, 6.07) is 7.87. The molecule has 0 amide bonds. The second-order valence-corrected chi connectivity index (χ2v) is 4.13. The Labute approximate surface area is 94.7 Å². The molecule has 0 aromatic heterocycles. The van der Waals surface area contributed by atoms with Crippen LogP contribution in [0.2, 0.25) is 5.02 Å². The van der Waals surface area contributed by atoms with Crippen LogP contribution < -0.4 is 0 Å². The zero-order valence-electron chi connectivity index (χ0n) is 8.65. The Bertz CT molecular complexity index is 381. The van der Waals surface area contributed by atoms with Crippen LogP contribution >= 0.6 is 11.6 Å². The fraction of sp³-hybridized carbons (Fsp3) is 0.333.